The van der Waals surface area contributed by atoms with Crippen LogP contribution in [-0.2, 0) is 4.74 Å². The molecule has 1 aliphatic heterocycles. The third-order valence-electron chi connectivity index (χ3n) is 3.54. The van der Waals surface area contributed by atoms with E-state index in [1.54, 1.807) is 0 Å². The summed E-state index contributed by atoms with van der Waals surface area (Å²) in [5.74, 6) is 0.734. The molecule has 0 aromatic heterocycles. The molecule has 1 amide bonds. The Morgan fingerprint density at radius 3 is 2.37 bits per heavy atom. The van der Waals surface area contributed by atoms with Crippen molar-refractivity contribution < 1.29 is 14.6 Å². The van der Waals surface area contributed by atoms with Gasteiger partial charge in [-0.25, -0.2) is 4.79 Å². The number of ether oxygens (including phenoxy) is 1. The van der Waals surface area contributed by atoms with E-state index in [9.17, 15) is 4.79 Å². The Kier molecular flexibility index (Phi) is 6.63. The normalized spacial score (nSPS) is 17.6. The molecule has 4 nitrogen and oxygen atoms in total. The van der Waals surface area contributed by atoms with Crippen molar-refractivity contribution in [2.45, 2.75) is 64.9 Å². The molecule has 0 atom stereocenters. The number of piperidine rings is 1. The molecular weight excluding hydrogens is 242 g/mol. The van der Waals surface area contributed by atoms with Gasteiger partial charge >= 0.3 is 6.09 Å². The average Bonchev–Trinajstić information content (AvgIpc) is 2.33. The maximum atomic E-state index is 11.9. The average molecular weight is 271 g/mol. The molecule has 0 aromatic rings. The second kappa shape index (κ2) is 7.73. The summed E-state index contributed by atoms with van der Waals surface area (Å²) in [6.45, 7) is 7.65. The number of likely N-dealkylation sites (tertiary alicyclic amines) is 1. The molecule has 1 rings (SSSR count). The zero-order valence-electron chi connectivity index (χ0n) is 12.7. The van der Waals surface area contributed by atoms with Crippen molar-refractivity contribution in [3.8, 4) is 0 Å². The van der Waals surface area contributed by atoms with E-state index in [0.29, 0.717) is 6.61 Å². The lowest BCUT2D eigenvalue weighted by Crippen LogP contribution is -2.41. The Balaban J connectivity index is 2.19. The van der Waals surface area contributed by atoms with E-state index in [0.717, 1.165) is 44.7 Å². The van der Waals surface area contributed by atoms with Crippen LogP contribution in [-0.4, -0.2) is 41.4 Å². The highest BCUT2D eigenvalue weighted by atomic mass is 16.6. The zero-order valence-corrected chi connectivity index (χ0v) is 12.7. The van der Waals surface area contributed by atoms with Gasteiger partial charge in [-0.3, -0.25) is 0 Å². The Labute approximate surface area is 117 Å². The fourth-order valence-electron chi connectivity index (χ4n) is 2.45. The Morgan fingerprint density at radius 1 is 1.21 bits per heavy atom. The molecule has 1 heterocycles. The minimum absolute atomic E-state index is 0.175. The molecule has 112 valence electrons. The summed E-state index contributed by atoms with van der Waals surface area (Å²) >= 11 is 0. The number of unbranched alkanes of at least 4 members (excludes halogenated alkanes) is 2. The zero-order chi connectivity index (χ0) is 14.3. The predicted octanol–water partition coefficient (Wildman–Crippen LogP) is 3.19. The minimum Gasteiger partial charge on any atom is -0.444 e. The maximum Gasteiger partial charge on any atom is 0.410 e. The number of carbonyl (C=O) groups is 1. The third-order valence-corrected chi connectivity index (χ3v) is 3.54. The molecule has 0 aliphatic carbocycles. The van der Waals surface area contributed by atoms with Gasteiger partial charge in [-0.05, 0) is 46.0 Å². The van der Waals surface area contributed by atoms with Crippen LogP contribution < -0.4 is 0 Å². The first-order valence-electron chi connectivity index (χ1n) is 7.51. The van der Waals surface area contributed by atoms with Crippen molar-refractivity contribution in [1.82, 2.24) is 4.90 Å². The number of aliphatic hydroxyl groups excluding tert-OH is 1. The molecule has 4 heteroatoms. The molecule has 1 saturated heterocycles. The summed E-state index contributed by atoms with van der Waals surface area (Å²) in [5.41, 5.74) is -0.405. The molecule has 19 heavy (non-hydrogen) atoms. The van der Waals surface area contributed by atoms with Gasteiger partial charge in [-0.2, -0.15) is 0 Å². The highest BCUT2D eigenvalue weighted by Crippen LogP contribution is 2.24. The Hall–Kier alpha value is -0.770. The van der Waals surface area contributed by atoms with E-state index >= 15 is 0 Å². The summed E-state index contributed by atoms with van der Waals surface area (Å²) in [5, 5.41) is 8.73. The molecule has 1 N–H and O–H groups in total. The van der Waals surface area contributed by atoms with E-state index in [-0.39, 0.29) is 6.09 Å². The van der Waals surface area contributed by atoms with Crippen LogP contribution in [0.25, 0.3) is 0 Å². The quantitative estimate of drug-likeness (QED) is 0.781. The largest absolute Gasteiger partial charge is 0.444 e. The fraction of sp³-hybridized carbons (Fsp3) is 0.933. The van der Waals surface area contributed by atoms with Gasteiger partial charge in [-0.15, -0.1) is 0 Å². The number of hydrogen-bond acceptors (Lipinski definition) is 3. The number of nitrogens with zero attached hydrogens (tertiary/aromatic N) is 1. The number of hydrogen-bond donors (Lipinski definition) is 1. The molecule has 0 spiro atoms. The minimum atomic E-state index is -0.405. The van der Waals surface area contributed by atoms with E-state index in [2.05, 4.69) is 0 Å². The predicted molar refractivity (Wildman–Crippen MR) is 76.1 cm³/mol. The van der Waals surface area contributed by atoms with Gasteiger partial charge in [0.05, 0.1) is 0 Å². The van der Waals surface area contributed by atoms with Gasteiger partial charge in [0.1, 0.15) is 5.60 Å². The van der Waals surface area contributed by atoms with Gasteiger partial charge in [-0.1, -0.05) is 19.3 Å². The molecule has 1 fully saturated rings. The van der Waals surface area contributed by atoms with E-state index in [4.69, 9.17) is 9.84 Å². The maximum absolute atomic E-state index is 11.9. The van der Waals surface area contributed by atoms with Crippen molar-refractivity contribution in [3.63, 3.8) is 0 Å². The van der Waals surface area contributed by atoms with Crippen LogP contribution in [0, 0.1) is 5.92 Å². The van der Waals surface area contributed by atoms with Gasteiger partial charge < -0.3 is 14.7 Å². The van der Waals surface area contributed by atoms with Crippen LogP contribution in [0.1, 0.15) is 59.3 Å². The van der Waals surface area contributed by atoms with Crippen LogP contribution in [0.2, 0.25) is 0 Å². The summed E-state index contributed by atoms with van der Waals surface area (Å²) < 4.78 is 5.38. The molecule has 0 bridgehead atoms. The van der Waals surface area contributed by atoms with Crippen LogP contribution in [0.5, 0.6) is 0 Å². The number of aliphatic hydroxyl groups is 1. The van der Waals surface area contributed by atoms with Crippen molar-refractivity contribution in [2.24, 2.45) is 5.92 Å². The number of carbonyl (C=O) groups excluding carboxylic acids is 1. The molecular formula is C15H29NO3. The molecule has 0 saturated carbocycles. The summed E-state index contributed by atoms with van der Waals surface area (Å²) in [7, 11) is 0. The van der Waals surface area contributed by atoms with Crippen molar-refractivity contribution >= 4 is 6.09 Å². The first-order valence-corrected chi connectivity index (χ1v) is 7.51. The highest BCUT2D eigenvalue weighted by molar-refractivity contribution is 5.68. The van der Waals surface area contributed by atoms with E-state index in [1.165, 1.54) is 12.8 Å². The van der Waals surface area contributed by atoms with Crippen molar-refractivity contribution in [3.05, 3.63) is 0 Å². The van der Waals surface area contributed by atoms with E-state index < -0.39 is 5.60 Å². The first-order chi connectivity index (χ1) is 8.92. The third kappa shape index (κ3) is 6.81. The van der Waals surface area contributed by atoms with Crippen LogP contribution >= 0.6 is 0 Å². The molecule has 1 aliphatic rings. The fourth-order valence-corrected chi connectivity index (χ4v) is 2.45. The smallest absolute Gasteiger partial charge is 0.410 e. The Bertz CT molecular complexity index is 265. The lowest BCUT2D eigenvalue weighted by Gasteiger charge is -2.33. The number of rotatable bonds is 5. The van der Waals surface area contributed by atoms with Gasteiger partial charge in [0.2, 0.25) is 0 Å². The van der Waals surface area contributed by atoms with Gasteiger partial charge in [0, 0.05) is 19.7 Å². The monoisotopic (exact) mass is 271 g/mol. The second-order valence-electron chi connectivity index (χ2n) is 6.48. The SMILES string of the molecule is CC(C)(C)OC(=O)N1CCC(CCCCCO)CC1. The molecule has 0 unspecified atom stereocenters. The van der Waals surface area contributed by atoms with Gasteiger partial charge in [0.25, 0.3) is 0 Å². The lowest BCUT2D eigenvalue weighted by atomic mass is 9.91. The summed E-state index contributed by atoms with van der Waals surface area (Å²) in [6.07, 6.45) is 6.43. The van der Waals surface area contributed by atoms with Crippen LogP contribution in [0.3, 0.4) is 0 Å². The lowest BCUT2D eigenvalue weighted by molar-refractivity contribution is 0.0180. The Morgan fingerprint density at radius 2 is 1.84 bits per heavy atom. The first kappa shape index (κ1) is 16.3. The molecule has 0 aromatic carbocycles. The second-order valence-corrected chi connectivity index (χ2v) is 6.48. The summed E-state index contributed by atoms with van der Waals surface area (Å²) in [4.78, 5) is 13.7. The van der Waals surface area contributed by atoms with Gasteiger partial charge in [0.15, 0.2) is 0 Å². The van der Waals surface area contributed by atoms with Crippen molar-refractivity contribution in [2.75, 3.05) is 19.7 Å². The highest BCUT2D eigenvalue weighted by Gasteiger charge is 2.26. The topological polar surface area (TPSA) is 49.8 Å². The molecule has 0 radical (unpaired) electrons. The summed E-state index contributed by atoms with van der Waals surface area (Å²) in [6, 6.07) is 0. The van der Waals surface area contributed by atoms with Crippen LogP contribution in [0.15, 0.2) is 0 Å². The van der Waals surface area contributed by atoms with Crippen molar-refractivity contribution in [1.29, 1.82) is 0 Å². The number of amides is 1. The van der Waals surface area contributed by atoms with E-state index in [1.807, 2.05) is 25.7 Å². The standard InChI is InChI=1S/C15H29NO3/c1-15(2,3)19-14(18)16-10-8-13(9-11-16)7-5-4-6-12-17/h13,17H,4-12H2,1-3H3. The van der Waals surface area contributed by atoms with Crippen LogP contribution in [0.4, 0.5) is 4.79 Å².